The molecule has 1 N–H and O–H groups in total. The summed E-state index contributed by atoms with van der Waals surface area (Å²) in [5.74, 6) is -1.02. The highest BCUT2D eigenvalue weighted by Gasteiger charge is 2.32. The first-order chi connectivity index (χ1) is 15.3. The number of rotatable bonds is 7. The number of nitrogens with zero attached hydrogens (tertiary/aromatic N) is 2. The van der Waals surface area contributed by atoms with Crippen molar-refractivity contribution in [1.82, 2.24) is 4.31 Å². The fourth-order valence-corrected chi connectivity index (χ4v) is 5.91. The van der Waals surface area contributed by atoms with Gasteiger partial charge in [0.2, 0.25) is 15.9 Å². The minimum Gasteiger partial charge on any atom is -0.462 e. The summed E-state index contributed by atoms with van der Waals surface area (Å²) < 4.78 is 32.2. The molecule has 0 atom stereocenters. The van der Waals surface area contributed by atoms with E-state index < -0.39 is 16.0 Å². The Morgan fingerprint density at radius 2 is 1.88 bits per heavy atom. The van der Waals surface area contributed by atoms with Crippen molar-refractivity contribution in [3.63, 3.8) is 0 Å². The van der Waals surface area contributed by atoms with E-state index in [9.17, 15) is 23.3 Å². The van der Waals surface area contributed by atoms with Crippen molar-refractivity contribution < 1.29 is 22.7 Å². The summed E-state index contributed by atoms with van der Waals surface area (Å²) in [6.07, 6.45) is 1.56. The maximum Gasteiger partial charge on any atom is 0.338 e. The van der Waals surface area contributed by atoms with E-state index in [4.69, 9.17) is 4.74 Å². The summed E-state index contributed by atoms with van der Waals surface area (Å²) in [7, 11) is -3.73. The van der Waals surface area contributed by atoms with Crippen molar-refractivity contribution in [3.8, 4) is 6.07 Å². The van der Waals surface area contributed by atoms with E-state index >= 15 is 0 Å². The molecule has 1 aromatic heterocycles. The lowest BCUT2D eigenvalue weighted by molar-refractivity contribution is -0.120. The number of nitrogens with one attached hydrogen (secondary N) is 1. The first-order valence-electron chi connectivity index (χ1n) is 10.4. The van der Waals surface area contributed by atoms with Gasteiger partial charge in [0.25, 0.3) is 0 Å². The first kappa shape index (κ1) is 23.9. The topological polar surface area (TPSA) is 117 Å². The Hall–Kier alpha value is -2.74. The number of carbonyl (C=O) groups is 2. The van der Waals surface area contributed by atoms with Gasteiger partial charge < -0.3 is 10.1 Å². The fourth-order valence-electron chi connectivity index (χ4n) is 3.49. The van der Waals surface area contributed by atoms with Gasteiger partial charge in [0.05, 0.1) is 22.6 Å². The molecule has 0 unspecified atom stereocenters. The van der Waals surface area contributed by atoms with Gasteiger partial charge in [-0.25, -0.2) is 13.2 Å². The summed E-state index contributed by atoms with van der Waals surface area (Å²) in [4.78, 5) is 25.6. The van der Waals surface area contributed by atoms with Crippen molar-refractivity contribution in [2.24, 2.45) is 5.92 Å². The van der Waals surface area contributed by atoms with E-state index in [0.717, 1.165) is 11.3 Å². The zero-order valence-electron chi connectivity index (χ0n) is 18.0. The minimum absolute atomic E-state index is 0.0952. The summed E-state index contributed by atoms with van der Waals surface area (Å²) in [5, 5.41) is 12.7. The number of piperidine rings is 1. The molecular formula is C22H25N3O5S2. The molecule has 1 fully saturated rings. The zero-order chi connectivity index (χ0) is 23.3. The Labute approximate surface area is 191 Å². The Morgan fingerprint density at radius 1 is 1.22 bits per heavy atom. The number of nitriles is 1. The van der Waals surface area contributed by atoms with Gasteiger partial charge in [0, 0.05) is 23.9 Å². The molecule has 1 aromatic carbocycles. The second-order valence-electron chi connectivity index (χ2n) is 7.33. The van der Waals surface area contributed by atoms with Gasteiger partial charge >= 0.3 is 5.97 Å². The van der Waals surface area contributed by atoms with Crippen LogP contribution in [0, 0.1) is 17.2 Å². The number of ether oxygens (including phenoxy) is 1. The highest BCUT2D eigenvalue weighted by molar-refractivity contribution is 7.89. The van der Waals surface area contributed by atoms with Crippen molar-refractivity contribution in [2.75, 3.05) is 25.0 Å². The average molecular weight is 476 g/mol. The predicted octanol–water partition coefficient (Wildman–Crippen LogP) is 3.40. The Kier molecular flexibility index (Phi) is 7.66. The summed E-state index contributed by atoms with van der Waals surface area (Å²) >= 11 is 1.39. The Balaban J connectivity index is 1.62. The number of benzene rings is 1. The van der Waals surface area contributed by atoms with Gasteiger partial charge in [0.1, 0.15) is 11.1 Å². The Morgan fingerprint density at radius 3 is 2.44 bits per heavy atom. The van der Waals surface area contributed by atoms with Gasteiger partial charge in [-0.1, -0.05) is 6.92 Å². The van der Waals surface area contributed by atoms with Crippen molar-refractivity contribution in [3.05, 3.63) is 46.3 Å². The normalized spacial score (nSPS) is 15.2. The second-order valence-corrected chi connectivity index (χ2v) is 10.4. The molecule has 2 heterocycles. The number of hydrogen-bond donors (Lipinski definition) is 1. The van der Waals surface area contributed by atoms with Crippen LogP contribution in [0.4, 0.5) is 5.00 Å². The van der Waals surface area contributed by atoms with Crippen LogP contribution in [0.1, 0.15) is 47.5 Å². The number of hydrogen-bond acceptors (Lipinski definition) is 7. The molecule has 1 aliphatic heterocycles. The molecule has 0 spiro atoms. The monoisotopic (exact) mass is 475 g/mol. The highest BCUT2D eigenvalue weighted by atomic mass is 32.2. The van der Waals surface area contributed by atoms with Crippen LogP contribution in [0.15, 0.2) is 35.2 Å². The third-order valence-corrected chi connectivity index (χ3v) is 8.42. The molecule has 1 saturated heterocycles. The lowest BCUT2D eigenvalue weighted by Crippen LogP contribution is -2.41. The number of carbonyl (C=O) groups excluding carboxylic acids is 2. The molecule has 0 aliphatic carbocycles. The van der Waals surface area contributed by atoms with Crippen LogP contribution in [0.5, 0.6) is 0 Å². The number of thiophene rings is 1. The smallest absolute Gasteiger partial charge is 0.338 e. The molecular weight excluding hydrogens is 450 g/mol. The fraction of sp³-hybridized carbons (Fsp3) is 0.409. The van der Waals surface area contributed by atoms with Crippen LogP contribution >= 0.6 is 11.3 Å². The third-order valence-electron chi connectivity index (χ3n) is 5.32. The summed E-state index contributed by atoms with van der Waals surface area (Å²) in [6.45, 7) is 4.36. The number of anilines is 1. The third kappa shape index (κ3) is 5.18. The molecule has 0 saturated carbocycles. The zero-order valence-corrected chi connectivity index (χ0v) is 19.6. The van der Waals surface area contributed by atoms with Crippen LogP contribution in [-0.4, -0.2) is 44.3 Å². The molecule has 1 aliphatic rings. The highest BCUT2D eigenvalue weighted by Crippen LogP contribution is 2.30. The number of esters is 1. The minimum atomic E-state index is -3.73. The molecule has 170 valence electrons. The molecule has 0 radical (unpaired) electrons. The molecule has 8 nitrogen and oxygen atoms in total. The maximum absolute atomic E-state index is 13.0. The molecule has 32 heavy (non-hydrogen) atoms. The van der Waals surface area contributed by atoms with Crippen LogP contribution < -0.4 is 5.32 Å². The van der Waals surface area contributed by atoms with E-state index in [1.807, 2.05) is 6.92 Å². The quantitative estimate of drug-likeness (QED) is 0.614. The van der Waals surface area contributed by atoms with E-state index in [0.29, 0.717) is 23.4 Å². The lowest BCUT2D eigenvalue weighted by atomic mass is 9.97. The van der Waals surface area contributed by atoms with Crippen LogP contribution in [0.2, 0.25) is 0 Å². The van der Waals surface area contributed by atoms with E-state index in [1.54, 1.807) is 13.0 Å². The average Bonchev–Trinajstić information content (AvgIpc) is 3.21. The molecule has 10 heteroatoms. The second kappa shape index (κ2) is 10.3. The SMILES string of the molecule is CCOC(=O)c1ccc(S(=O)(=O)N2CCC(C(=O)Nc3sc(CC)cc3C#N)CC2)cc1. The van der Waals surface area contributed by atoms with Crippen molar-refractivity contribution in [1.29, 1.82) is 5.26 Å². The van der Waals surface area contributed by atoms with E-state index in [-0.39, 0.29) is 42.0 Å². The van der Waals surface area contributed by atoms with Crippen LogP contribution in [0.3, 0.4) is 0 Å². The number of sulfonamides is 1. The van der Waals surface area contributed by atoms with Crippen molar-refractivity contribution in [2.45, 2.75) is 38.0 Å². The molecule has 1 amide bonds. The van der Waals surface area contributed by atoms with Crippen LogP contribution in [-0.2, 0) is 26.0 Å². The predicted molar refractivity (Wildman–Crippen MR) is 121 cm³/mol. The van der Waals surface area contributed by atoms with Crippen LogP contribution in [0.25, 0.3) is 0 Å². The van der Waals surface area contributed by atoms with Gasteiger partial charge in [-0.3, -0.25) is 4.79 Å². The van der Waals surface area contributed by atoms with Gasteiger partial charge in [-0.05, 0) is 56.5 Å². The van der Waals surface area contributed by atoms with Gasteiger partial charge in [0.15, 0.2) is 0 Å². The molecule has 0 bridgehead atoms. The lowest BCUT2D eigenvalue weighted by Gasteiger charge is -2.30. The largest absolute Gasteiger partial charge is 0.462 e. The summed E-state index contributed by atoms with van der Waals surface area (Å²) in [5.41, 5.74) is 0.740. The molecule has 2 aromatic rings. The van der Waals surface area contributed by atoms with E-state index in [2.05, 4.69) is 11.4 Å². The first-order valence-corrected chi connectivity index (χ1v) is 12.7. The van der Waals surface area contributed by atoms with Gasteiger partial charge in [-0.15, -0.1) is 11.3 Å². The van der Waals surface area contributed by atoms with Crippen molar-refractivity contribution >= 4 is 38.2 Å². The summed E-state index contributed by atoms with van der Waals surface area (Å²) in [6, 6.07) is 9.54. The Bertz CT molecular complexity index is 1130. The number of amides is 1. The maximum atomic E-state index is 13.0. The van der Waals surface area contributed by atoms with Gasteiger partial charge in [-0.2, -0.15) is 9.57 Å². The number of aryl methyl sites for hydroxylation is 1. The molecule has 3 rings (SSSR count). The standard InChI is InChI=1S/C22H25N3O5S2/c1-3-18-13-17(14-23)21(31-18)24-20(26)15-9-11-25(12-10-15)32(28,29)19-7-5-16(6-8-19)22(27)30-4-2/h5-8,13,15H,3-4,9-12H2,1-2H3,(H,24,26). The van der Waals surface area contributed by atoms with E-state index in [1.165, 1.54) is 39.9 Å².